The maximum atomic E-state index is 12.7. The smallest absolute Gasteiger partial charge is 0.325 e. The van der Waals surface area contributed by atoms with Crippen molar-refractivity contribution in [1.29, 1.82) is 0 Å². The number of urea groups is 1. The fourth-order valence-corrected chi connectivity index (χ4v) is 3.39. The van der Waals surface area contributed by atoms with Crippen LogP contribution in [0.3, 0.4) is 0 Å². The van der Waals surface area contributed by atoms with E-state index in [0.717, 1.165) is 11.4 Å². The summed E-state index contributed by atoms with van der Waals surface area (Å²) in [7, 11) is 0. The summed E-state index contributed by atoms with van der Waals surface area (Å²) in [5.41, 5.74) is 0.800. The van der Waals surface area contributed by atoms with Crippen molar-refractivity contribution in [3.8, 4) is 5.75 Å². The van der Waals surface area contributed by atoms with Gasteiger partial charge in [-0.25, -0.2) is 4.79 Å². The van der Waals surface area contributed by atoms with Gasteiger partial charge < -0.3 is 19.4 Å². The van der Waals surface area contributed by atoms with Gasteiger partial charge in [-0.2, -0.15) is 0 Å². The predicted molar refractivity (Wildman–Crippen MR) is 101 cm³/mol. The van der Waals surface area contributed by atoms with Crippen LogP contribution in [0.2, 0.25) is 0 Å². The zero-order valence-electron chi connectivity index (χ0n) is 15.9. The molecule has 0 spiro atoms. The lowest BCUT2D eigenvalue weighted by atomic mass is 10.3. The zero-order valence-corrected chi connectivity index (χ0v) is 15.9. The monoisotopic (exact) mass is 374 g/mol. The van der Waals surface area contributed by atoms with E-state index in [0.29, 0.717) is 45.9 Å². The van der Waals surface area contributed by atoms with Crippen LogP contribution in [0.1, 0.15) is 13.8 Å². The van der Waals surface area contributed by atoms with Crippen LogP contribution >= 0.6 is 0 Å². The van der Waals surface area contributed by atoms with Crippen molar-refractivity contribution >= 4 is 23.5 Å². The highest BCUT2D eigenvalue weighted by Crippen LogP contribution is 2.23. The van der Waals surface area contributed by atoms with Gasteiger partial charge in [-0.05, 0) is 31.2 Å². The molecule has 0 aromatic heterocycles. The number of carbonyl (C=O) groups excluding carboxylic acids is 3. The minimum Gasteiger partial charge on any atom is -0.494 e. The first-order valence-electron chi connectivity index (χ1n) is 9.32. The van der Waals surface area contributed by atoms with E-state index in [1.54, 1.807) is 19.6 Å². The second-order valence-corrected chi connectivity index (χ2v) is 6.67. The third kappa shape index (κ3) is 4.32. The average molecular weight is 374 g/mol. The summed E-state index contributed by atoms with van der Waals surface area (Å²) >= 11 is 0. The van der Waals surface area contributed by atoms with Crippen LogP contribution in [0.15, 0.2) is 24.3 Å². The van der Waals surface area contributed by atoms with Crippen LogP contribution in [-0.4, -0.2) is 85.0 Å². The van der Waals surface area contributed by atoms with Crippen LogP contribution in [0.4, 0.5) is 10.5 Å². The molecule has 0 saturated carbocycles. The van der Waals surface area contributed by atoms with Crippen LogP contribution in [0.25, 0.3) is 0 Å². The molecular weight excluding hydrogens is 348 g/mol. The standard InChI is InChI=1S/C19H26N4O4/c1-3-27-17-6-4-16(5-7-17)23-13-12-22(19(23)26)14-18(25)21-10-8-20(9-11-21)15(2)24/h4-7H,3,8-14H2,1-2H3. The first-order valence-corrected chi connectivity index (χ1v) is 9.32. The highest BCUT2D eigenvalue weighted by atomic mass is 16.5. The van der Waals surface area contributed by atoms with Crippen molar-refractivity contribution in [2.75, 3.05) is 57.3 Å². The molecule has 2 heterocycles. The number of hydrogen-bond donors (Lipinski definition) is 0. The van der Waals surface area contributed by atoms with E-state index in [2.05, 4.69) is 0 Å². The van der Waals surface area contributed by atoms with Gasteiger partial charge in [0.15, 0.2) is 0 Å². The van der Waals surface area contributed by atoms with Crippen molar-refractivity contribution in [3.05, 3.63) is 24.3 Å². The minimum absolute atomic E-state index is 0.0304. The maximum Gasteiger partial charge on any atom is 0.325 e. The number of rotatable bonds is 5. The molecule has 0 radical (unpaired) electrons. The Kier molecular flexibility index (Phi) is 5.83. The number of carbonyl (C=O) groups is 3. The third-order valence-corrected chi connectivity index (χ3v) is 4.96. The summed E-state index contributed by atoms with van der Waals surface area (Å²) in [6.07, 6.45) is 0. The fraction of sp³-hybridized carbons (Fsp3) is 0.526. The summed E-state index contributed by atoms with van der Waals surface area (Å²) in [5, 5.41) is 0. The molecule has 0 N–H and O–H groups in total. The normalized spacial score (nSPS) is 17.5. The van der Waals surface area contributed by atoms with E-state index < -0.39 is 0 Å². The first kappa shape index (κ1) is 19.0. The molecule has 2 fully saturated rings. The Balaban J connectivity index is 1.54. The van der Waals surface area contributed by atoms with Gasteiger partial charge in [-0.3, -0.25) is 14.5 Å². The molecule has 0 aliphatic carbocycles. The molecule has 8 nitrogen and oxygen atoms in total. The Morgan fingerprint density at radius 2 is 1.59 bits per heavy atom. The lowest BCUT2D eigenvalue weighted by molar-refractivity contribution is -0.138. The SMILES string of the molecule is CCOc1ccc(N2CCN(CC(=O)N3CCN(C(C)=O)CC3)C2=O)cc1. The lowest BCUT2D eigenvalue weighted by Crippen LogP contribution is -2.52. The van der Waals surface area contributed by atoms with Gasteiger partial charge in [0.25, 0.3) is 0 Å². The Morgan fingerprint density at radius 3 is 2.19 bits per heavy atom. The summed E-state index contributed by atoms with van der Waals surface area (Å²) in [6, 6.07) is 7.24. The number of ether oxygens (including phenoxy) is 1. The quantitative estimate of drug-likeness (QED) is 0.771. The molecule has 0 atom stereocenters. The van der Waals surface area contributed by atoms with Crippen LogP contribution in [0, 0.1) is 0 Å². The number of amides is 4. The second kappa shape index (κ2) is 8.28. The van der Waals surface area contributed by atoms with Crippen LogP contribution < -0.4 is 9.64 Å². The first-order chi connectivity index (χ1) is 13.0. The zero-order chi connectivity index (χ0) is 19.4. The number of piperazine rings is 1. The molecule has 2 aliphatic rings. The summed E-state index contributed by atoms with van der Waals surface area (Å²) in [6.45, 7) is 7.34. The van der Waals surface area contributed by atoms with Crippen LogP contribution in [0.5, 0.6) is 5.75 Å². The van der Waals surface area contributed by atoms with E-state index in [-0.39, 0.29) is 24.4 Å². The van der Waals surface area contributed by atoms with Crippen molar-refractivity contribution < 1.29 is 19.1 Å². The van der Waals surface area contributed by atoms with Gasteiger partial charge >= 0.3 is 6.03 Å². The molecule has 1 aromatic carbocycles. The van der Waals surface area contributed by atoms with E-state index in [1.807, 2.05) is 31.2 Å². The second-order valence-electron chi connectivity index (χ2n) is 6.67. The minimum atomic E-state index is -0.158. The lowest BCUT2D eigenvalue weighted by Gasteiger charge is -2.34. The molecule has 1 aromatic rings. The van der Waals surface area contributed by atoms with Crippen molar-refractivity contribution in [1.82, 2.24) is 14.7 Å². The average Bonchev–Trinajstić information content (AvgIpc) is 3.03. The van der Waals surface area contributed by atoms with Crippen molar-refractivity contribution in [2.45, 2.75) is 13.8 Å². The molecule has 4 amide bonds. The topological polar surface area (TPSA) is 73.4 Å². The van der Waals surface area contributed by atoms with Gasteiger partial charge in [0.05, 0.1) is 6.61 Å². The van der Waals surface area contributed by atoms with Gasteiger partial charge in [-0.1, -0.05) is 0 Å². The third-order valence-electron chi connectivity index (χ3n) is 4.96. The van der Waals surface area contributed by atoms with E-state index in [9.17, 15) is 14.4 Å². The molecular formula is C19H26N4O4. The molecule has 8 heteroatoms. The summed E-state index contributed by atoms with van der Waals surface area (Å²) < 4.78 is 5.42. The molecule has 146 valence electrons. The Bertz CT molecular complexity index is 698. The van der Waals surface area contributed by atoms with Gasteiger partial charge in [0.2, 0.25) is 11.8 Å². The molecule has 2 saturated heterocycles. The number of nitrogens with zero attached hydrogens (tertiary/aromatic N) is 4. The van der Waals surface area contributed by atoms with Crippen molar-refractivity contribution in [3.63, 3.8) is 0 Å². The highest BCUT2D eigenvalue weighted by Gasteiger charge is 2.32. The molecule has 0 bridgehead atoms. The predicted octanol–water partition coefficient (Wildman–Crippen LogP) is 1.02. The van der Waals surface area contributed by atoms with E-state index in [1.165, 1.54) is 6.92 Å². The maximum absolute atomic E-state index is 12.7. The Morgan fingerprint density at radius 1 is 0.963 bits per heavy atom. The van der Waals surface area contributed by atoms with Gasteiger partial charge in [-0.15, -0.1) is 0 Å². The molecule has 2 aliphatic heterocycles. The molecule has 27 heavy (non-hydrogen) atoms. The number of anilines is 1. The largest absolute Gasteiger partial charge is 0.494 e. The van der Waals surface area contributed by atoms with E-state index >= 15 is 0 Å². The fourth-order valence-electron chi connectivity index (χ4n) is 3.39. The number of hydrogen-bond acceptors (Lipinski definition) is 4. The molecule has 3 rings (SSSR count). The molecule has 0 unspecified atom stereocenters. The van der Waals surface area contributed by atoms with Gasteiger partial charge in [0, 0.05) is 51.9 Å². The number of benzene rings is 1. The van der Waals surface area contributed by atoms with E-state index in [4.69, 9.17) is 4.74 Å². The summed E-state index contributed by atoms with van der Waals surface area (Å²) in [4.78, 5) is 43.3. The summed E-state index contributed by atoms with van der Waals surface area (Å²) in [5.74, 6) is 0.729. The Hall–Kier alpha value is -2.77. The van der Waals surface area contributed by atoms with Crippen LogP contribution in [-0.2, 0) is 9.59 Å². The van der Waals surface area contributed by atoms with Crippen molar-refractivity contribution in [2.24, 2.45) is 0 Å². The highest BCUT2D eigenvalue weighted by molar-refractivity contribution is 5.96. The van der Waals surface area contributed by atoms with Gasteiger partial charge in [0.1, 0.15) is 12.3 Å². The Labute approximate surface area is 159 Å².